The summed E-state index contributed by atoms with van der Waals surface area (Å²) in [5, 5.41) is 5.86. The summed E-state index contributed by atoms with van der Waals surface area (Å²) in [7, 11) is 0. The van der Waals surface area contributed by atoms with Gasteiger partial charge in [0, 0.05) is 6.04 Å². The maximum Gasteiger partial charge on any atom is 0.243 e. The first kappa shape index (κ1) is 13.3. The predicted molar refractivity (Wildman–Crippen MR) is 82.4 cm³/mol. The third-order valence-corrected chi connectivity index (χ3v) is 4.54. The lowest BCUT2D eigenvalue weighted by atomic mass is 10.1. The summed E-state index contributed by atoms with van der Waals surface area (Å²) >= 11 is 0. The molecule has 2 aliphatic rings. The second kappa shape index (κ2) is 5.12. The molecule has 1 saturated carbocycles. The van der Waals surface area contributed by atoms with Crippen molar-refractivity contribution in [2.75, 3.05) is 5.32 Å². The number of imidazole rings is 1. The van der Waals surface area contributed by atoms with E-state index in [1.807, 2.05) is 28.8 Å². The minimum absolute atomic E-state index is 0.0776. The fourth-order valence-electron chi connectivity index (χ4n) is 3.47. The Bertz CT molecular complexity index is 746. The van der Waals surface area contributed by atoms with Crippen LogP contribution < -0.4 is 10.6 Å². The van der Waals surface area contributed by atoms with Crippen LogP contribution in [0.15, 0.2) is 24.3 Å². The van der Waals surface area contributed by atoms with Crippen LogP contribution in [0.1, 0.15) is 38.1 Å². The minimum Gasteiger partial charge on any atom is -0.352 e. The molecule has 22 heavy (non-hydrogen) atoms. The molecule has 1 aliphatic heterocycles. The number of anilines is 1. The topological polar surface area (TPSA) is 76.0 Å². The number of benzene rings is 1. The van der Waals surface area contributed by atoms with Gasteiger partial charge < -0.3 is 5.32 Å². The van der Waals surface area contributed by atoms with Crippen LogP contribution in [0, 0.1) is 0 Å². The molecule has 1 fully saturated rings. The van der Waals surface area contributed by atoms with E-state index in [0.29, 0.717) is 5.95 Å². The highest BCUT2D eigenvalue weighted by molar-refractivity contribution is 5.99. The summed E-state index contributed by atoms with van der Waals surface area (Å²) in [6.45, 7) is 0. The van der Waals surface area contributed by atoms with Crippen LogP contribution in [0.4, 0.5) is 5.95 Å². The number of aromatic nitrogens is 2. The Morgan fingerprint density at radius 2 is 2.05 bits per heavy atom. The molecule has 0 bridgehead atoms. The van der Waals surface area contributed by atoms with Crippen molar-refractivity contribution in [1.29, 1.82) is 0 Å². The highest BCUT2D eigenvalue weighted by Gasteiger charge is 2.33. The number of nitrogens with zero attached hydrogens (tertiary/aromatic N) is 2. The fourth-order valence-corrected chi connectivity index (χ4v) is 3.47. The third kappa shape index (κ3) is 2.15. The van der Waals surface area contributed by atoms with E-state index < -0.39 is 6.04 Å². The Kier molecular flexibility index (Phi) is 3.10. The number of hydrogen-bond donors (Lipinski definition) is 2. The van der Waals surface area contributed by atoms with E-state index in [0.717, 1.165) is 36.7 Å². The van der Waals surface area contributed by atoms with E-state index in [9.17, 15) is 9.59 Å². The lowest BCUT2D eigenvalue weighted by Crippen LogP contribution is -2.42. The Hall–Kier alpha value is -2.37. The largest absolute Gasteiger partial charge is 0.352 e. The van der Waals surface area contributed by atoms with Crippen molar-refractivity contribution in [3.63, 3.8) is 0 Å². The molecule has 1 atom stereocenters. The van der Waals surface area contributed by atoms with Gasteiger partial charge in [-0.3, -0.25) is 19.5 Å². The molecule has 0 saturated heterocycles. The van der Waals surface area contributed by atoms with E-state index in [-0.39, 0.29) is 24.3 Å². The van der Waals surface area contributed by atoms with Gasteiger partial charge in [-0.2, -0.15) is 0 Å². The number of rotatable bonds is 2. The lowest BCUT2D eigenvalue weighted by Gasteiger charge is -2.26. The lowest BCUT2D eigenvalue weighted by molar-refractivity contribution is -0.128. The Morgan fingerprint density at radius 3 is 2.86 bits per heavy atom. The van der Waals surface area contributed by atoms with E-state index in [1.165, 1.54) is 0 Å². The maximum atomic E-state index is 12.7. The molecule has 0 radical (unpaired) electrons. The first-order chi connectivity index (χ1) is 10.7. The van der Waals surface area contributed by atoms with Gasteiger partial charge in [-0.25, -0.2) is 4.98 Å². The molecule has 114 valence electrons. The normalized spacial score (nSPS) is 21.6. The van der Waals surface area contributed by atoms with E-state index >= 15 is 0 Å². The number of nitrogens with one attached hydrogen (secondary N) is 2. The van der Waals surface area contributed by atoms with Gasteiger partial charge in [0.25, 0.3) is 0 Å². The first-order valence-electron chi connectivity index (χ1n) is 7.79. The summed E-state index contributed by atoms with van der Waals surface area (Å²) in [5.74, 6) is 0.226. The Labute approximate surface area is 127 Å². The van der Waals surface area contributed by atoms with Crippen LogP contribution in [0.5, 0.6) is 0 Å². The van der Waals surface area contributed by atoms with Gasteiger partial charge in [-0.15, -0.1) is 0 Å². The number of para-hydroxylation sites is 2. The van der Waals surface area contributed by atoms with Gasteiger partial charge in [0.1, 0.15) is 6.04 Å². The van der Waals surface area contributed by atoms with Crippen LogP contribution in [0.2, 0.25) is 0 Å². The van der Waals surface area contributed by atoms with Crippen molar-refractivity contribution in [2.45, 2.75) is 44.2 Å². The molecular weight excluding hydrogens is 280 g/mol. The standard InChI is InChI=1S/C16H18N4O2/c21-14-9-13(15(22)17-10-5-1-2-6-10)20-12-8-4-3-7-11(12)18-16(20)19-14/h3-4,7-8,10,13H,1-2,5-6,9H2,(H,17,22)(H,18,19,21)/t13-/m0/s1. The van der Waals surface area contributed by atoms with E-state index in [2.05, 4.69) is 15.6 Å². The van der Waals surface area contributed by atoms with Gasteiger partial charge in [-0.1, -0.05) is 25.0 Å². The van der Waals surface area contributed by atoms with Gasteiger partial charge in [0.05, 0.1) is 17.5 Å². The highest BCUT2D eigenvalue weighted by atomic mass is 16.2. The van der Waals surface area contributed by atoms with Crippen molar-refractivity contribution in [3.8, 4) is 0 Å². The zero-order valence-electron chi connectivity index (χ0n) is 12.2. The Balaban J connectivity index is 1.71. The summed E-state index contributed by atoms with van der Waals surface area (Å²) in [5.41, 5.74) is 1.67. The second-order valence-electron chi connectivity index (χ2n) is 6.05. The number of carbonyl (C=O) groups excluding carboxylic acids is 2. The molecule has 2 aromatic rings. The van der Waals surface area contributed by atoms with Crippen molar-refractivity contribution < 1.29 is 9.59 Å². The molecule has 2 amide bonds. The molecule has 0 spiro atoms. The Morgan fingerprint density at radius 1 is 1.27 bits per heavy atom. The zero-order chi connectivity index (χ0) is 15.1. The summed E-state index contributed by atoms with van der Waals surface area (Å²) in [6.07, 6.45) is 4.54. The third-order valence-electron chi connectivity index (χ3n) is 4.54. The monoisotopic (exact) mass is 298 g/mol. The molecule has 1 aromatic heterocycles. The van der Waals surface area contributed by atoms with Gasteiger partial charge >= 0.3 is 0 Å². The molecule has 4 rings (SSSR count). The number of amides is 2. The average Bonchev–Trinajstić information content (AvgIpc) is 3.12. The summed E-state index contributed by atoms with van der Waals surface area (Å²) in [6, 6.07) is 7.36. The molecule has 6 heteroatoms. The molecule has 2 N–H and O–H groups in total. The quantitative estimate of drug-likeness (QED) is 0.890. The number of hydrogen-bond acceptors (Lipinski definition) is 3. The van der Waals surface area contributed by atoms with Crippen LogP contribution in [0.3, 0.4) is 0 Å². The highest BCUT2D eigenvalue weighted by Crippen LogP contribution is 2.30. The van der Waals surface area contributed by atoms with Crippen molar-refractivity contribution in [1.82, 2.24) is 14.9 Å². The van der Waals surface area contributed by atoms with Crippen molar-refractivity contribution in [2.24, 2.45) is 0 Å². The number of fused-ring (bicyclic) bond motifs is 3. The van der Waals surface area contributed by atoms with Crippen LogP contribution in [0.25, 0.3) is 11.0 Å². The van der Waals surface area contributed by atoms with Gasteiger partial charge in [0.15, 0.2) is 0 Å². The predicted octanol–water partition coefficient (Wildman–Crippen LogP) is 1.98. The van der Waals surface area contributed by atoms with Crippen LogP contribution >= 0.6 is 0 Å². The summed E-state index contributed by atoms with van der Waals surface area (Å²) in [4.78, 5) is 29.0. The molecule has 1 aliphatic carbocycles. The second-order valence-corrected chi connectivity index (χ2v) is 6.05. The summed E-state index contributed by atoms with van der Waals surface area (Å²) < 4.78 is 1.85. The zero-order valence-corrected chi connectivity index (χ0v) is 12.2. The van der Waals surface area contributed by atoms with Gasteiger partial charge in [0.2, 0.25) is 17.8 Å². The first-order valence-corrected chi connectivity index (χ1v) is 7.79. The van der Waals surface area contributed by atoms with E-state index in [4.69, 9.17) is 0 Å². The van der Waals surface area contributed by atoms with Crippen LogP contribution in [-0.2, 0) is 9.59 Å². The molecular formula is C16H18N4O2. The SMILES string of the molecule is O=C1C[C@@H](C(=O)NC2CCCC2)n2c(nc3ccccc32)N1. The molecule has 1 aromatic carbocycles. The van der Waals surface area contributed by atoms with E-state index in [1.54, 1.807) is 0 Å². The minimum atomic E-state index is -0.517. The van der Waals surface area contributed by atoms with Crippen molar-refractivity contribution >= 4 is 28.8 Å². The average molecular weight is 298 g/mol. The number of carbonyl (C=O) groups is 2. The van der Waals surface area contributed by atoms with Gasteiger partial charge in [-0.05, 0) is 25.0 Å². The van der Waals surface area contributed by atoms with Crippen molar-refractivity contribution in [3.05, 3.63) is 24.3 Å². The molecule has 0 unspecified atom stereocenters. The smallest absolute Gasteiger partial charge is 0.243 e. The van der Waals surface area contributed by atoms with Crippen LogP contribution in [-0.4, -0.2) is 27.4 Å². The molecule has 2 heterocycles. The maximum absolute atomic E-state index is 12.7. The fraction of sp³-hybridized carbons (Fsp3) is 0.438. The molecule has 6 nitrogen and oxygen atoms in total.